The number of carbonyl (C=O) groups is 1. The molecule has 0 aliphatic carbocycles. The Morgan fingerprint density at radius 3 is 2.45 bits per heavy atom. The van der Waals surface area contributed by atoms with Gasteiger partial charge in [0.1, 0.15) is 0 Å². The Bertz CT molecular complexity index is 784. The predicted octanol–water partition coefficient (Wildman–Crippen LogP) is 3.00. The minimum Gasteiger partial charge on any atom is -0.346 e. The van der Waals surface area contributed by atoms with Gasteiger partial charge in [-0.1, -0.05) is 48.5 Å². The number of aromatic nitrogens is 1. The summed E-state index contributed by atoms with van der Waals surface area (Å²) in [6, 6.07) is 19.9. The molecule has 1 amide bonds. The third-order valence-electron chi connectivity index (χ3n) is 3.85. The number of hydrogen-bond acceptors (Lipinski definition) is 1. The van der Waals surface area contributed by atoms with Gasteiger partial charge in [-0.05, 0) is 17.0 Å². The average molecular weight is 291 g/mol. The van der Waals surface area contributed by atoms with Crippen molar-refractivity contribution in [1.82, 2.24) is 5.32 Å². The highest BCUT2D eigenvalue weighted by atomic mass is 16.2. The molecule has 0 radical (unpaired) electrons. The standard InChI is InChI=1S/C19H18N2O/c1-15(19(22)20-13-16-7-3-2-4-8-16)21-12-11-17-9-5-6-10-18(17)14-21/h2-12,14-15H,13H2,1H3/p+1/t15-/m0/s1. The van der Waals surface area contributed by atoms with Gasteiger partial charge < -0.3 is 5.32 Å². The van der Waals surface area contributed by atoms with Gasteiger partial charge in [-0.15, -0.1) is 0 Å². The van der Waals surface area contributed by atoms with Crippen molar-refractivity contribution in [1.29, 1.82) is 0 Å². The van der Waals surface area contributed by atoms with Gasteiger partial charge in [0.2, 0.25) is 6.04 Å². The molecule has 1 N–H and O–H groups in total. The van der Waals surface area contributed by atoms with Crippen LogP contribution in [0.4, 0.5) is 0 Å². The van der Waals surface area contributed by atoms with Crippen LogP contribution in [0, 0.1) is 0 Å². The predicted molar refractivity (Wildman–Crippen MR) is 87.1 cm³/mol. The van der Waals surface area contributed by atoms with Gasteiger partial charge in [0.05, 0.1) is 0 Å². The van der Waals surface area contributed by atoms with Gasteiger partial charge in [0, 0.05) is 24.9 Å². The van der Waals surface area contributed by atoms with Crippen LogP contribution >= 0.6 is 0 Å². The number of amides is 1. The van der Waals surface area contributed by atoms with Gasteiger partial charge >= 0.3 is 0 Å². The fourth-order valence-electron chi connectivity index (χ4n) is 2.46. The van der Waals surface area contributed by atoms with Crippen LogP contribution in [-0.2, 0) is 11.3 Å². The first-order valence-electron chi connectivity index (χ1n) is 7.45. The highest BCUT2D eigenvalue weighted by Gasteiger charge is 2.21. The summed E-state index contributed by atoms with van der Waals surface area (Å²) in [5, 5.41) is 5.29. The lowest BCUT2D eigenvalue weighted by Gasteiger charge is -2.09. The molecule has 1 aromatic heterocycles. The summed E-state index contributed by atoms with van der Waals surface area (Å²) < 4.78 is 1.95. The molecule has 0 fully saturated rings. The first-order chi connectivity index (χ1) is 10.7. The maximum Gasteiger partial charge on any atom is 0.289 e. The lowest BCUT2D eigenvalue weighted by molar-refractivity contribution is -0.704. The normalized spacial score (nSPS) is 12.0. The second-order valence-corrected chi connectivity index (χ2v) is 5.40. The van der Waals surface area contributed by atoms with Crippen LogP contribution in [0.15, 0.2) is 73.1 Å². The lowest BCUT2D eigenvalue weighted by atomic mass is 10.1. The van der Waals surface area contributed by atoms with Crippen LogP contribution in [0.1, 0.15) is 18.5 Å². The Balaban J connectivity index is 1.71. The fraction of sp³-hybridized carbons (Fsp3) is 0.158. The minimum atomic E-state index is -0.242. The zero-order valence-corrected chi connectivity index (χ0v) is 12.6. The maximum atomic E-state index is 12.3. The number of nitrogens with one attached hydrogen (secondary N) is 1. The van der Waals surface area contributed by atoms with Crippen LogP contribution in [0.25, 0.3) is 10.8 Å². The van der Waals surface area contributed by atoms with E-state index in [2.05, 4.69) is 17.4 Å². The van der Waals surface area contributed by atoms with Crippen LogP contribution in [-0.4, -0.2) is 5.91 Å². The summed E-state index contributed by atoms with van der Waals surface area (Å²) >= 11 is 0. The van der Waals surface area contributed by atoms with E-state index in [0.717, 1.165) is 10.9 Å². The molecule has 0 aliphatic rings. The Labute approximate surface area is 130 Å². The molecule has 1 atom stereocenters. The van der Waals surface area contributed by atoms with Crippen molar-refractivity contribution in [2.24, 2.45) is 0 Å². The molecular weight excluding hydrogens is 272 g/mol. The van der Waals surface area contributed by atoms with E-state index in [1.807, 2.05) is 72.4 Å². The third-order valence-corrected chi connectivity index (χ3v) is 3.85. The van der Waals surface area contributed by atoms with Crippen molar-refractivity contribution in [3.63, 3.8) is 0 Å². The molecule has 3 rings (SSSR count). The van der Waals surface area contributed by atoms with Crippen molar-refractivity contribution in [3.8, 4) is 0 Å². The molecule has 0 spiro atoms. The maximum absolute atomic E-state index is 12.3. The van der Waals surface area contributed by atoms with E-state index >= 15 is 0 Å². The van der Waals surface area contributed by atoms with Gasteiger partial charge in [0.15, 0.2) is 12.4 Å². The van der Waals surface area contributed by atoms with Gasteiger partial charge in [-0.3, -0.25) is 4.79 Å². The number of rotatable bonds is 4. The van der Waals surface area contributed by atoms with Crippen molar-refractivity contribution in [2.45, 2.75) is 19.5 Å². The van der Waals surface area contributed by atoms with Crippen molar-refractivity contribution < 1.29 is 9.36 Å². The number of fused-ring (bicyclic) bond motifs is 1. The third kappa shape index (κ3) is 3.14. The molecule has 0 saturated carbocycles. The molecule has 3 nitrogen and oxygen atoms in total. The second-order valence-electron chi connectivity index (χ2n) is 5.40. The number of hydrogen-bond donors (Lipinski definition) is 1. The van der Waals surface area contributed by atoms with Crippen molar-refractivity contribution >= 4 is 16.7 Å². The van der Waals surface area contributed by atoms with E-state index in [1.54, 1.807) is 0 Å². The summed E-state index contributed by atoms with van der Waals surface area (Å²) in [4.78, 5) is 12.3. The monoisotopic (exact) mass is 291 g/mol. The van der Waals surface area contributed by atoms with E-state index in [9.17, 15) is 4.79 Å². The van der Waals surface area contributed by atoms with Crippen molar-refractivity contribution in [2.75, 3.05) is 0 Å². The number of nitrogens with zero attached hydrogens (tertiary/aromatic N) is 1. The molecule has 0 unspecified atom stereocenters. The van der Waals surface area contributed by atoms with Crippen LogP contribution < -0.4 is 9.88 Å². The van der Waals surface area contributed by atoms with E-state index in [4.69, 9.17) is 0 Å². The molecule has 3 aromatic rings. The highest BCUT2D eigenvalue weighted by Crippen LogP contribution is 2.11. The Hall–Kier alpha value is -2.68. The zero-order valence-electron chi connectivity index (χ0n) is 12.6. The summed E-state index contributed by atoms with van der Waals surface area (Å²) in [6.07, 6.45) is 3.97. The molecular formula is C19H19N2O+. The largest absolute Gasteiger partial charge is 0.346 e. The van der Waals surface area contributed by atoms with Crippen molar-refractivity contribution in [3.05, 3.63) is 78.6 Å². The molecule has 110 valence electrons. The van der Waals surface area contributed by atoms with E-state index in [-0.39, 0.29) is 11.9 Å². The molecule has 0 aliphatic heterocycles. The first-order valence-corrected chi connectivity index (χ1v) is 7.45. The number of pyridine rings is 1. The SMILES string of the molecule is C[C@@H](C(=O)NCc1ccccc1)[n+]1ccc2ccccc2c1. The Morgan fingerprint density at radius 1 is 1.00 bits per heavy atom. The molecule has 22 heavy (non-hydrogen) atoms. The zero-order chi connectivity index (χ0) is 15.4. The summed E-state index contributed by atoms with van der Waals surface area (Å²) in [5.41, 5.74) is 1.10. The topological polar surface area (TPSA) is 33.0 Å². The van der Waals surface area contributed by atoms with Crippen LogP contribution in [0.3, 0.4) is 0 Å². The molecule has 2 aromatic carbocycles. The van der Waals surface area contributed by atoms with E-state index in [0.29, 0.717) is 6.54 Å². The first kappa shape index (κ1) is 14.3. The molecule has 0 bridgehead atoms. The van der Waals surface area contributed by atoms with Crippen LogP contribution in [0.2, 0.25) is 0 Å². The number of carbonyl (C=O) groups excluding carboxylic acids is 1. The molecule has 1 heterocycles. The van der Waals surface area contributed by atoms with Gasteiger partial charge in [-0.2, -0.15) is 4.57 Å². The fourth-order valence-corrected chi connectivity index (χ4v) is 2.46. The molecule has 0 saturated heterocycles. The summed E-state index contributed by atoms with van der Waals surface area (Å²) in [5.74, 6) is 0.0177. The quantitative estimate of drug-likeness (QED) is 0.736. The summed E-state index contributed by atoms with van der Waals surface area (Å²) in [7, 11) is 0. The number of benzene rings is 2. The van der Waals surface area contributed by atoms with Gasteiger partial charge in [0.25, 0.3) is 5.91 Å². The van der Waals surface area contributed by atoms with Gasteiger partial charge in [-0.25, -0.2) is 0 Å². The second kappa shape index (κ2) is 6.39. The molecule has 3 heteroatoms. The Morgan fingerprint density at radius 2 is 1.68 bits per heavy atom. The smallest absolute Gasteiger partial charge is 0.289 e. The average Bonchev–Trinajstić information content (AvgIpc) is 2.59. The minimum absolute atomic E-state index is 0.0177. The van der Waals surface area contributed by atoms with Crippen LogP contribution in [0.5, 0.6) is 0 Å². The van der Waals surface area contributed by atoms with E-state index in [1.165, 1.54) is 5.39 Å². The summed E-state index contributed by atoms with van der Waals surface area (Å²) in [6.45, 7) is 2.47. The highest BCUT2D eigenvalue weighted by molar-refractivity contribution is 5.81. The lowest BCUT2D eigenvalue weighted by Crippen LogP contribution is -2.46. The van der Waals surface area contributed by atoms with E-state index < -0.39 is 0 Å². The Kier molecular flexibility index (Phi) is 4.15.